The molecular formula is C21H25N3O5. The van der Waals surface area contributed by atoms with E-state index in [9.17, 15) is 14.9 Å². The van der Waals surface area contributed by atoms with Crippen molar-refractivity contribution in [3.8, 4) is 5.75 Å². The Labute approximate surface area is 169 Å². The van der Waals surface area contributed by atoms with Crippen molar-refractivity contribution < 1.29 is 19.2 Å². The molecule has 1 aliphatic carbocycles. The quantitative estimate of drug-likeness (QED) is 0.539. The Morgan fingerprint density at radius 1 is 1.24 bits per heavy atom. The average Bonchev–Trinajstić information content (AvgIpc) is 2.70. The number of carbonyl (C=O) groups is 1. The van der Waals surface area contributed by atoms with Crippen molar-refractivity contribution >= 4 is 17.4 Å². The highest BCUT2D eigenvalue weighted by atomic mass is 16.6. The molecule has 0 aliphatic heterocycles. The van der Waals surface area contributed by atoms with Gasteiger partial charge in [0.1, 0.15) is 5.75 Å². The minimum Gasteiger partial charge on any atom is -0.495 e. The number of carbonyl (C=O) groups excluding carboxylic acids is 1. The summed E-state index contributed by atoms with van der Waals surface area (Å²) < 4.78 is 11.2. The van der Waals surface area contributed by atoms with Gasteiger partial charge in [-0.2, -0.15) is 0 Å². The molecule has 0 spiro atoms. The number of urea groups is 1. The van der Waals surface area contributed by atoms with E-state index in [0.29, 0.717) is 18.8 Å². The van der Waals surface area contributed by atoms with Gasteiger partial charge >= 0.3 is 6.03 Å². The van der Waals surface area contributed by atoms with Gasteiger partial charge in [0.15, 0.2) is 0 Å². The average molecular weight is 399 g/mol. The number of anilines is 1. The molecule has 1 aliphatic rings. The van der Waals surface area contributed by atoms with Gasteiger partial charge in [0.25, 0.3) is 5.69 Å². The Hall–Kier alpha value is -3.13. The Morgan fingerprint density at radius 3 is 2.59 bits per heavy atom. The van der Waals surface area contributed by atoms with Crippen LogP contribution in [0.2, 0.25) is 0 Å². The molecule has 0 aromatic heterocycles. The molecule has 2 aromatic carbocycles. The number of methoxy groups -OCH3 is 1. The molecule has 2 unspecified atom stereocenters. The number of nitro groups is 1. The van der Waals surface area contributed by atoms with Crippen LogP contribution in [0.15, 0.2) is 48.5 Å². The van der Waals surface area contributed by atoms with E-state index in [1.54, 1.807) is 0 Å². The van der Waals surface area contributed by atoms with Gasteiger partial charge in [0.05, 0.1) is 30.4 Å². The molecule has 8 heteroatoms. The molecule has 0 heterocycles. The Balaban J connectivity index is 1.56. The smallest absolute Gasteiger partial charge is 0.319 e. The van der Waals surface area contributed by atoms with Crippen LogP contribution in [0.4, 0.5) is 16.2 Å². The number of hydrogen-bond donors (Lipinski definition) is 2. The van der Waals surface area contributed by atoms with E-state index in [-0.39, 0.29) is 28.9 Å². The number of nitrogens with zero attached hydrogens (tertiary/aromatic N) is 1. The summed E-state index contributed by atoms with van der Waals surface area (Å²) in [7, 11) is 1.44. The highest BCUT2D eigenvalue weighted by Crippen LogP contribution is 2.43. The molecule has 3 rings (SSSR count). The van der Waals surface area contributed by atoms with E-state index >= 15 is 0 Å². The van der Waals surface area contributed by atoms with Gasteiger partial charge in [0.2, 0.25) is 0 Å². The van der Waals surface area contributed by atoms with E-state index in [0.717, 1.165) is 5.56 Å². The molecule has 8 nitrogen and oxygen atoms in total. The molecule has 154 valence electrons. The molecule has 2 N–H and O–H groups in total. The molecule has 1 fully saturated rings. The zero-order valence-electron chi connectivity index (χ0n) is 16.7. The number of benzene rings is 2. The van der Waals surface area contributed by atoms with Crippen LogP contribution in [-0.2, 0) is 11.3 Å². The van der Waals surface area contributed by atoms with Gasteiger partial charge in [-0.15, -0.1) is 0 Å². The topological polar surface area (TPSA) is 103 Å². The maximum absolute atomic E-state index is 12.5. The molecule has 2 atom stereocenters. The monoisotopic (exact) mass is 399 g/mol. The van der Waals surface area contributed by atoms with Gasteiger partial charge in [-0.3, -0.25) is 10.1 Å². The minimum atomic E-state index is -0.522. The van der Waals surface area contributed by atoms with Crippen LogP contribution in [0.5, 0.6) is 5.75 Å². The van der Waals surface area contributed by atoms with Gasteiger partial charge in [-0.05, 0) is 18.1 Å². The fourth-order valence-electron chi connectivity index (χ4n) is 3.41. The van der Waals surface area contributed by atoms with E-state index in [1.807, 2.05) is 44.2 Å². The first-order valence-electron chi connectivity index (χ1n) is 9.36. The first-order valence-corrected chi connectivity index (χ1v) is 9.36. The van der Waals surface area contributed by atoms with E-state index in [4.69, 9.17) is 9.47 Å². The predicted octanol–water partition coefficient (Wildman–Crippen LogP) is 4.11. The molecule has 1 saturated carbocycles. The zero-order chi connectivity index (χ0) is 21.0. The number of amides is 2. The summed E-state index contributed by atoms with van der Waals surface area (Å²) in [6, 6.07) is 13.5. The Morgan fingerprint density at radius 2 is 1.97 bits per heavy atom. The molecule has 0 bridgehead atoms. The Kier molecular flexibility index (Phi) is 6.03. The van der Waals surface area contributed by atoms with Crippen molar-refractivity contribution in [2.24, 2.45) is 5.41 Å². The highest BCUT2D eigenvalue weighted by Gasteiger charge is 2.49. The number of rotatable bonds is 7. The zero-order valence-corrected chi connectivity index (χ0v) is 16.7. The van der Waals surface area contributed by atoms with Gasteiger partial charge < -0.3 is 20.1 Å². The summed E-state index contributed by atoms with van der Waals surface area (Å²) in [5, 5.41) is 16.6. The molecule has 2 aromatic rings. The SMILES string of the molecule is COc1ccc([N+](=O)[O-])cc1NC(=O)NC1CC(OCc2ccccc2)C1(C)C. The van der Waals surface area contributed by atoms with Crippen molar-refractivity contribution in [3.63, 3.8) is 0 Å². The summed E-state index contributed by atoms with van der Waals surface area (Å²) in [4.78, 5) is 22.9. The Bertz CT molecular complexity index is 885. The normalized spacial score (nSPS) is 19.7. The molecule has 29 heavy (non-hydrogen) atoms. The largest absolute Gasteiger partial charge is 0.495 e. The maximum atomic E-state index is 12.5. The highest BCUT2D eigenvalue weighted by molar-refractivity contribution is 5.91. The first-order chi connectivity index (χ1) is 13.8. The fraction of sp³-hybridized carbons (Fsp3) is 0.381. The fourth-order valence-corrected chi connectivity index (χ4v) is 3.41. The molecule has 0 saturated heterocycles. The lowest BCUT2D eigenvalue weighted by atomic mass is 9.64. The third-order valence-electron chi connectivity index (χ3n) is 5.42. The van der Waals surface area contributed by atoms with Crippen molar-refractivity contribution in [2.75, 3.05) is 12.4 Å². The van der Waals surface area contributed by atoms with Crippen LogP contribution in [0, 0.1) is 15.5 Å². The lowest BCUT2D eigenvalue weighted by Gasteiger charge is -2.51. The van der Waals surface area contributed by atoms with Crippen molar-refractivity contribution in [1.29, 1.82) is 0 Å². The second-order valence-corrected chi connectivity index (χ2v) is 7.64. The van der Waals surface area contributed by atoms with E-state index < -0.39 is 11.0 Å². The molecular weight excluding hydrogens is 374 g/mol. The molecule has 2 amide bonds. The standard InChI is InChI=1S/C21H25N3O5/c1-21(2)18(12-19(21)29-13-14-7-5-4-6-8-14)23-20(25)22-16-11-15(24(26)27)9-10-17(16)28-3/h4-11,18-19H,12-13H2,1-3H3,(H2,22,23,25). The number of non-ortho nitro benzene ring substituents is 1. The summed E-state index contributed by atoms with van der Waals surface area (Å²) in [5.74, 6) is 0.350. The lowest BCUT2D eigenvalue weighted by Crippen LogP contribution is -2.62. The van der Waals surface area contributed by atoms with Crippen LogP contribution in [-0.4, -0.2) is 30.2 Å². The van der Waals surface area contributed by atoms with Crippen LogP contribution in [0.3, 0.4) is 0 Å². The van der Waals surface area contributed by atoms with Gasteiger partial charge in [-0.25, -0.2) is 4.79 Å². The third kappa shape index (κ3) is 4.65. The van der Waals surface area contributed by atoms with Crippen molar-refractivity contribution in [1.82, 2.24) is 5.32 Å². The van der Waals surface area contributed by atoms with Gasteiger partial charge in [-0.1, -0.05) is 44.2 Å². The number of hydrogen-bond acceptors (Lipinski definition) is 5. The number of nitrogens with one attached hydrogen (secondary N) is 2. The van der Waals surface area contributed by atoms with Crippen LogP contribution in [0.1, 0.15) is 25.8 Å². The van der Waals surface area contributed by atoms with E-state index in [2.05, 4.69) is 10.6 Å². The lowest BCUT2D eigenvalue weighted by molar-refractivity contribution is -0.384. The number of ether oxygens (including phenoxy) is 2. The third-order valence-corrected chi connectivity index (χ3v) is 5.42. The van der Waals surface area contributed by atoms with Crippen LogP contribution >= 0.6 is 0 Å². The summed E-state index contributed by atoms with van der Waals surface area (Å²) in [6.45, 7) is 4.62. The number of nitro benzene ring substituents is 1. The van der Waals surface area contributed by atoms with Crippen molar-refractivity contribution in [2.45, 2.75) is 39.0 Å². The maximum Gasteiger partial charge on any atom is 0.319 e. The summed E-state index contributed by atoms with van der Waals surface area (Å²) >= 11 is 0. The van der Waals surface area contributed by atoms with Gasteiger partial charge in [0, 0.05) is 23.6 Å². The first kappa shape index (κ1) is 20.6. The predicted molar refractivity (Wildman–Crippen MR) is 109 cm³/mol. The molecule has 0 radical (unpaired) electrons. The summed E-state index contributed by atoms with van der Waals surface area (Å²) in [6.07, 6.45) is 0.722. The second-order valence-electron chi connectivity index (χ2n) is 7.64. The minimum absolute atomic E-state index is 0.0281. The van der Waals surface area contributed by atoms with E-state index in [1.165, 1.54) is 25.3 Å². The van der Waals surface area contributed by atoms with Crippen LogP contribution in [0.25, 0.3) is 0 Å². The van der Waals surface area contributed by atoms with Crippen LogP contribution < -0.4 is 15.4 Å². The second kappa shape index (κ2) is 8.48. The summed E-state index contributed by atoms with van der Waals surface area (Å²) in [5.41, 5.74) is 0.988. The van der Waals surface area contributed by atoms with Crippen molar-refractivity contribution in [3.05, 3.63) is 64.2 Å².